The quantitative estimate of drug-likeness (QED) is 0.724. The highest BCUT2D eigenvalue weighted by molar-refractivity contribution is 7.54. The summed E-state index contributed by atoms with van der Waals surface area (Å²) < 4.78 is 29.0. The molecule has 0 saturated heterocycles. The van der Waals surface area contributed by atoms with Gasteiger partial charge in [-0.05, 0) is 11.1 Å². The van der Waals surface area contributed by atoms with Crippen molar-refractivity contribution in [2.45, 2.75) is 0 Å². The van der Waals surface area contributed by atoms with Crippen molar-refractivity contribution >= 4 is 13.2 Å². The minimum atomic E-state index is -3.11. The number of hydrogen-bond acceptors (Lipinski definition) is 3. The van der Waals surface area contributed by atoms with Gasteiger partial charge in [0, 0.05) is 14.2 Å². The molecule has 0 aliphatic carbocycles. The maximum absolute atomic E-state index is 11.9. The van der Waals surface area contributed by atoms with E-state index in [9.17, 15) is 4.57 Å². The summed E-state index contributed by atoms with van der Waals surface area (Å²) in [6.45, 7) is 1.18. The summed E-state index contributed by atoms with van der Waals surface area (Å²) in [5.74, 6) is 0. The molecule has 0 aromatic heterocycles. The molecular formula is C11H15O3P. The molecule has 0 radical (unpaired) electrons. The molecule has 0 N–H and O–H groups in total. The molecule has 0 saturated carbocycles. The summed E-state index contributed by atoms with van der Waals surface area (Å²) in [6, 6.07) is 9.33. The van der Waals surface area contributed by atoms with Gasteiger partial charge in [0.05, 0.1) is 7.53 Å². The first kappa shape index (κ1) is 10.6. The van der Waals surface area contributed by atoms with Crippen molar-refractivity contribution in [2.75, 3.05) is 20.4 Å². The molecular weight excluding hydrogens is 211 g/mol. The first-order valence-electron chi connectivity index (χ1n) is 5.06. The molecule has 0 amide bonds. The van der Waals surface area contributed by atoms with E-state index in [-0.39, 0.29) is 6.16 Å². The summed E-state index contributed by atoms with van der Waals surface area (Å²) >= 11 is 0. The van der Waals surface area contributed by atoms with Crippen molar-refractivity contribution in [3.05, 3.63) is 42.5 Å². The van der Waals surface area contributed by atoms with Gasteiger partial charge >= 0.3 is 7.60 Å². The lowest BCUT2D eigenvalue weighted by Gasteiger charge is -2.14. The minimum Gasteiger partial charge on any atom is -0.312 e. The van der Waals surface area contributed by atoms with E-state index < -0.39 is 7.60 Å². The molecule has 0 aliphatic heterocycles. The standard InChI is InChI=1S/C11H15O3P/c1-10(9-15(12,13-2)14-3)11-7-5-4-6-8-11/h4-8H,1,9H2,2-3H3/i1D. The van der Waals surface area contributed by atoms with Crippen LogP contribution in [0.25, 0.3) is 5.57 Å². The fourth-order valence-electron chi connectivity index (χ4n) is 1.16. The van der Waals surface area contributed by atoms with Gasteiger partial charge in [-0.1, -0.05) is 36.9 Å². The molecule has 4 heteroatoms. The topological polar surface area (TPSA) is 35.5 Å². The summed E-state index contributed by atoms with van der Waals surface area (Å²) in [4.78, 5) is 0. The van der Waals surface area contributed by atoms with Gasteiger partial charge in [0.1, 0.15) is 0 Å². The van der Waals surface area contributed by atoms with Crippen LogP contribution in [0.2, 0.25) is 0 Å². The third kappa shape index (κ3) is 3.31. The lowest BCUT2D eigenvalue weighted by atomic mass is 10.1. The normalized spacial score (nSPS) is 13.7. The van der Waals surface area contributed by atoms with Gasteiger partial charge in [-0.2, -0.15) is 0 Å². The van der Waals surface area contributed by atoms with Gasteiger partial charge in [0.2, 0.25) is 0 Å². The second-order valence-corrected chi connectivity index (χ2v) is 5.29. The molecule has 1 aromatic rings. The molecule has 0 fully saturated rings. The van der Waals surface area contributed by atoms with Crippen LogP contribution >= 0.6 is 7.60 Å². The Hall–Kier alpha value is -0.890. The van der Waals surface area contributed by atoms with Gasteiger partial charge in [0.25, 0.3) is 0 Å². The summed E-state index contributed by atoms with van der Waals surface area (Å²) in [7, 11) is -0.419. The summed E-state index contributed by atoms with van der Waals surface area (Å²) in [6.07, 6.45) is 0.105. The Labute approximate surface area is 91.7 Å². The maximum atomic E-state index is 11.9. The first-order valence-corrected chi connectivity index (χ1v) is 6.21. The largest absolute Gasteiger partial charge is 0.334 e. The summed E-state index contributed by atoms with van der Waals surface area (Å²) in [5, 5.41) is 0. The fourth-order valence-corrected chi connectivity index (χ4v) is 2.16. The zero-order chi connectivity index (χ0) is 12.0. The van der Waals surface area contributed by atoms with E-state index in [2.05, 4.69) is 0 Å². The highest BCUT2D eigenvalue weighted by Gasteiger charge is 2.22. The number of benzene rings is 1. The lowest BCUT2D eigenvalue weighted by molar-refractivity contribution is 0.279. The molecule has 15 heavy (non-hydrogen) atoms. The molecule has 82 valence electrons. The smallest absolute Gasteiger partial charge is 0.312 e. The zero-order valence-electron chi connectivity index (χ0n) is 9.84. The van der Waals surface area contributed by atoms with E-state index in [4.69, 9.17) is 10.4 Å². The SMILES string of the molecule is [2H]C=C(CP(=O)(OC)OC)c1ccccc1. The maximum Gasteiger partial charge on any atom is 0.334 e. The lowest BCUT2D eigenvalue weighted by Crippen LogP contribution is -1.96. The van der Waals surface area contributed by atoms with Crippen LogP contribution in [-0.2, 0) is 13.6 Å². The highest BCUT2D eigenvalue weighted by atomic mass is 31.2. The second-order valence-electron chi connectivity index (χ2n) is 3.03. The Morgan fingerprint density at radius 3 is 2.47 bits per heavy atom. The van der Waals surface area contributed by atoms with Crippen molar-refractivity contribution in [3.63, 3.8) is 0 Å². The number of rotatable bonds is 5. The van der Waals surface area contributed by atoms with Crippen molar-refractivity contribution in [3.8, 4) is 0 Å². The Balaban J connectivity index is 2.91. The van der Waals surface area contributed by atoms with Crippen LogP contribution < -0.4 is 0 Å². The number of allylic oxidation sites excluding steroid dienone is 1. The van der Waals surface area contributed by atoms with E-state index >= 15 is 0 Å². The Morgan fingerprint density at radius 2 is 2.00 bits per heavy atom. The van der Waals surface area contributed by atoms with Gasteiger partial charge in [-0.25, -0.2) is 0 Å². The highest BCUT2D eigenvalue weighted by Crippen LogP contribution is 2.49. The van der Waals surface area contributed by atoms with E-state index in [1.54, 1.807) is 0 Å². The van der Waals surface area contributed by atoms with Crippen LogP contribution in [0.1, 0.15) is 6.93 Å². The number of hydrogen-bond donors (Lipinski definition) is 0. The second kappa shape index (κ2) is 5.26. The van der Waals surface area contributed by atoms with E-state index in [1.807, 2.05) is 30.3 Å². The Kier molecular flexibility index (Phi) is 3.73. The predicted molar refractivity (Wildman–Crippen MR) is 62.0 cm³/mol. The van der Waals surface area contributed by atoms with Crippen LogP contribution in [-0.4, -0.2) is 20.4 Å². The van der Waals surface area contributed by atoms with Crippen molar-refractivity contribution < 1.29 is 15.0 Å². The molecule has 0 spiro atoms. The molecule has 1 aromatic carbocycles. The molecule has 1 rings (SSSR count). The third-order valence-corrected chi connectivity index (χ3v) is 3.91. The molecule has 0 bridgehead atoms. The van der Waals surface area contributed by atoms with E-state index in [0.29, 0.717) is 5.57 Å². The van der Waals surface area contributed by atoms with E-state index in [1.165, 1.54) is 20.8 Å². The van der Waals surface area contributed by atoms with Crippen molar-refractivity contribution in [1.82, 2.24) is 0 Å². The van der Waals surface area contributed by atoms with Crippen molar-refractivity contribution in [2.24, 2.45) is 0 Å². The van der Waals surface area contributed by atoms with Gasteiger partial charge in [-0.15, -0.1) is 0 Å². The van der Waals surface area contributed by atoms with Crippen LogP contribution in [0.4, 0.5) is 0 Å². The average Bonchev–Trinajstić information content (AvgIpc) is 2.36. The third-order valence-electron chi connectivity index (χ3n) is 2.06. The van der Waals surface area contributed by atoms with Crippen LogP contribution in [0.3, 0.4) is 0 Å². The minimum absolute atomic E-state index is 0.105. The monoisotopic (exact) mass is 227 g/mol. The summed E-state index contributed by atoms with van der Waals surface area (Å²) in [5.41, 5.74) is 1.49. The first-order chi connectivity index (χ1) is 7.65. The Morgan fingerprint density at radius 1 is 1.40 bits per heavy atom. The molecule has 3 nitrogen and oxygen atoms in total. The average molecular weight is 227 g/mol. The Bertz CT molecular complexity index is 395. The van der Waals surface area contributed by atoms with Crippen molar-refractivity contribution in [1.29, 1.82) is 0 Å². The van der Waals surface area contributed by atoms with E-state index in [0.717, 1.165) is 5.56 Å². The molecule has 0 heterocycles. The van der Waals surface area contributed by atoms with Crippen LogP contribution in [0, 0.1) is 0 Å². The predicted octanol–water partition coefficient (Wildman–Crippen LogP) is 3.19. The van der Waals surface area contributed by atoms with Gasteiger partial charge < -0.3 is 9.05 Å². The van der Waals surface area contributed by atoms with Gasteiger partial charge in [0.15, 0.2) is 0 Å². The molecule has 0 unspecified atom stereocenters. The molecule has 0 aliphatic rings. The van der Waals surface area contributed by atoms with Crippen LogP contribution in [0.15, 0.2) is 36.9 Å². The molecule has 0 atom stereocenters. The fraction of sp³-hybridized carbons (Fsp3) is 0.273. The van der Waals surface area contributed by atoms with Crippen LogP contribution in [0.5, 0.6) is 0 Å². The van der Waals surface area contributed by atoms with Gasteiger partial charge in [-0.3, -0.25) is 4.57 Å². The zero-order valence-corrected chi connectivity index (χ0v) is 9.74.